The Labute approximate surface area is 153 Å². The first kappa shape index (κ1) is 16.2. The molecular weight excluding hydrogens is 330 g/mol. The van der Waals surface area contributed by atoms with Crippen LogP contribution in [0.25, 0.3) is 16.9 Å². The number of nitrogens with zero attached hydrogens (tertiary/aromatic N) is 2. The van der Waals surface area contributed by atoms with Crippen LogP contribution in [0.3, 0.4) is 0 Å². The first-order chi connectivity index (χ1) is 12.1. The van der Waals surface area contributed by atoms with E-state index in [1.54, 1.807) is 0 Å². The molecule has 1 aliphatic heterocycles. The molecule has 0 unspecified atom stereocenters. The molecule has 0 fully saturated rings. The summed E-state index contributed by atoms with van der Waals surface area (Å²) < 4.78 is 2.07. The Balaban J connectivity index is 1.89. The fourth-order valence-corrected chi connectivity index (χ4v) is 3.51. The highest BCUT2D eigenvalue weighted by Crippen LogP contribution is 2.34. The van der Waals surface area contributed by atoms with Gasteiger partial charge in [-0.3, -0.25) is 0 Å². The maximum absolute atomic E-state index is 6.06. The number of rotatable bonds is 2. The molecule has 0 atom stereocenters. The summed E-state index contributed by atoms with van der Waals surface area (Å²) in [5.74, 6) is 1.13. The predicted molar refractivity (Wildman–Crippen MR) is 105 cm³/mol. The van der Waals surface area contributed by atoms with Crippen LogP contribution in [0.4, 0.5) is 5.82 Å². The van der Waals surface area contributed by atoms with Crippen LogP contribution in [-0.2, 0) is 6.42 Å². The highest BCUT2D eigenvalue weighted by atomic mass is 35.5. The predicted octanol–water partition coefficient (Wildman–Crippen LogP) is 5.56. The number of benzene rings is 2. The number of hydrogen-bond acceptors (Lipinski definition) is 2. The van der Waals surface area contributed by atoms with Gasteiger partial charge in [-0.15, -0.1) is 0 Å². The third-order valence-corrected chi connectivity index (χ3v) is 5.23. The van der Waals surface area contributed by atoms with Crippen LogP contribution in [0.1, 0.15) is 29.5 Å². The molecule has 0 bridgehead atoms. The van der Waals surface area contributed by atoms with Crippen LogP contribution in [0, 0.1) is 13.8 Å². The molecule has 2 heterocycles. The van der Waals surface area contributed by atoms with Gasteiger partial charge in [-0.1, -0.05) is 29.8 Å². The van der Waals surface area contributed by atoms with Gasteiger partial charge in [0.15, 0.2) is 0 Å². The molecule has 0 aliphatic carbocycles. The lowest BCUT2D eigenvalue weighted by molar-refractivity contribution is 0.780. The minimum atomic E-state index is 0.751. The summed E-state index contributed by atoms with van der Waals surface area (Å²) in [6.07, 6.45) is 3.41. The van der Waals surface area contributed by atoms with Crippen molar-refractivity contribution in [1.29, 1.82) is 0 Å². The molecule has 2 aromatic carbocycles. The highest BCUT2D eigenvalue weighted by molar-refractivity contribution is 6.30. The van der Waals surface area contributed by atoms with Gasteiger partial charge in [0.2, 0.25) is 0 Å². The zero-order valence-electron chi connectivity index (χ0n) is 14.6. The molecule has 4 heteroatoms. The minimum absolute atomic E-state index is 0.751. The van der Waals surface area contributed by atoms with Gasteiger partial charge in [-0.05, 0) is 68.5 Å². The molecule has 128 valence electrons. The Kier molecular flexibility index (Phi) is 4.26. The number of aryl methyl sites for hydroxylation is 2. The van der Waals surface area contributed by atoms with E-state index in [4.69, 9.17) is 16.7 Å². The van der Waals surface area contributed by atoms with E-state index in [0.717, 1.165) is 40.8 Å². The largest absolute Gasteiger partial charge is 0.370 e. The van der Waals surface area contributed by atoms with Crippen LogP contribution >= 0.6 is 11.6 Å². The Bertz CT molecular complexity index is 910. The molecule has 3 nitrogen and oxygen atoms in total. The Morgan fingerprint density at radius 2 is 1.80 bits per heavy atom. The van der Waals surface area contributed by atoms with Crippen molar-refractivity contribution in [2.45, 2.75) is 33.1 Å². The average Bonchev–Trinajstić information content (AvgIpc) is 2.80. The van der Waals surface area contributed by atoms with Gasteiger partial charge in [0.25, 0.3) is 0 Å². The molecule has 0 saturated heterocycles. The van der Waals surface area contributed by atoms with Gasteiger partial charge >= 0.3 is 0 Å². The number of hydrogen-bond donors (Lipinski definition) is 1. The zero-order chi connectivity index (χ0) is 17.4. The molecule has 0 saturated carbocycles. The molecule has 1 aliphatic rings. The zero-order valence-corrected chi connectivity index (χ0v) is 15.4. The molecule has 1 aromatic heterocycles. The molecule has 25 heavy (non-hydrogen) atoms. The van der Waals surface area contributed by atoms with Gasteiger partial charge in [0.1, 0.15) is 5.82 Å². The van der Waals surface area contributed by atoms with Crippen LogP contribution < -0.4 is 5.32 Å². The smallest absolute Gasteiger partial charge is 0.133 e. The fourth-order valence-electron chi connectivity index (χ4n) is 3.39. The molecule has 1 N–H and O–H groups in total. The molecule has 0 amide bonds. The van der Waals surface area contributed by atoms with E-state index in [1.165, 1.54) is 29.5 Å². The van der Waals surface area contributed by atoms with Gasteiger partial charge in [-0.2, -0.15) is 5.10 Å². The van der Waals surface area contributed by atoms with E-state index in [2.05, 4.69) is 54.2 Å². The summed E-state index contributed by atoms with van der Waals surface area (Å²) in [4.78, 5) is 0. The number of fused-ring (bicyclic) bond motifs is 1. The van der Waals surface area contributed by atoms with Crippen molar-refractivity contribution in [3.63, 3.8) is 0 Å². The molecular formula is C21H22ClN3. The monoisotopic (exact) mass is 351 g/mol. The van der Waals surface area contributed by atoms with Gasteiger partial charge in [0.05, 0.1) is 11.4 Å². The normalized spacial score (nSPS) is 13.9. The first-order valence-corrected chi connectivity index (χ1v) is 9.20. The lowest BCUT2D eigenvalue weighted by atomic mass is 10.0. The van der Waals surface area contributed by atoms with E-state index in [9.17, 15) is 0 Å². The second-order valence-electron chi connectivity index (χ2n) is 6.75. The van der Waals surface area contributed by atoms with Crippen molar-refractivity contribution in [3.05, 3.63) is 64.2 Å². The van der Waals surface area contributed by atoms with Crippen molar-refractivity contribution < 1.29 is 0 Å². The summed E-state index contributed by atoms with van der Waals surface area (Å²) in [5.41, 5.74) is 7.16. The lowest BCUT2D eigenvalue weighted by Crippen LogP contribution is -2.07. The Hall–Kier alpha value is -2.26. The van der Waals surface area contributed by atoms with E-state index in [-0.39, 0.29) is 0 Å². The summed E-state index contributed by atoms with van der Waals surface area (Å²) in [5, 5.41) is 9.34. The topological polar surface area (TPSA) is 29.9 Å². The second kappa shape index (κ2) is 6.57. The van der Waals surface area contributed by atoms with E-state index < -0.39 is 0 Å². The van der Waals surface area contributed by atoms with Crippen molar-refractivity contribution >= 4 is 17.4 Å². The van der Waals surface area contributed by atoms with E-state index in [1.807, 2.05) is 12.1 Å². The molecule has 0 radical (unpaired) electrons. The van der Waals surface area contributed by atoms with Crippen LogP contribution in [0.15, 0.2) is 42.5 Å². The van der Waals surface area contributed by atoms with E-state index >= 15 is 0 Å². The highest BCUT2D eigenvalue weighted by Gasteiger charge is 2.21. The van der Waals surface area contributed by atoms with Gasteiger partial charge in [0, 0.05) is 22.7 Å². The minimum Gasteiger partial charge on any atom is -0.370 e. The number of anilines is 1. The van der Waals surface area contributed by atoms with Gasteiger partial charge < -0.3 is 5.32 Å². The SMILES string of the molecule is Cc1ccc(-n2nc(-c3ccc(Cl)cc3)c3c2NCCCC3)cc1C. The molecule has 4 rings (SSSR count). The third kappa shape index (κ3) is 3.05. The van der Waals surface area contributed by atoms with Crippen molar-refractivity contribution in [2.75, 3.05) is 11.9 Å². The summed E-state index contributed by atoms with van der Waals surface area (Å²) in [6, 6.07) is 14.5. The fraction of sp³-hybridized carbons (Fsp3) is 0.286. The average molecular weight is 352 g/mol. The van der Waals surface area contributed by atoms with Crippen molar-refractivity contribution in [3.8, 4) is 16.9 Å². The van der Waals surface area contributed by atoms with Crippen molar-refractivity contribution in [2.24, 2.45) is 0 Å². The number of nitrogens with one attached hydrogen (secondary N) is 1. The number of aromatic nitrogens is 2. The van der Waals surface area contributed by atoms with Crippen LogP contribution in [0.5, 0.6) is 0 Å². The van der Waals surface area contributed by atoms with Crippen molar-refractivity contribution in [1.82, 2.24) is 9.78 Å². The summed E-state index contributed by atoms with van der Waals surface area (Å²) >= 11 is 6.06. The maximum Gasteiger partial charge on any atom is 0.133 e. The molecule has 0 spiro atoms. The standard InChI is InChI=1S/C21H22ClN3/c1-14-6-11-18(13-15(14)2)25-21-19(5-3-4-12-23-21)20(24-25)16-7-9-17(22)10-8-16/h6-11,13,23H,3-5,12H2,1-2H3. The summed E-state index contributed by atoms with van der Waals surface area (Å²) in [7, 11) is 0. The maximum atomic E-state index is 6.06. The quantitative estimate of drug-likeness (QED) is 0.655. The Morgan fingerprint density at radius 3 is 2.56 bits per heavy atom. The number of halogens is 1. The van der Waals surface area contributed by atoms with Crippen LogP contribution in [-0.4, -0.2) is 16.3 Å². The molecule has 3 aromatic rings. The van der Waals surface area contributed by atoms with E-state index in [0.29, 0.717) is 0 Å². The Morgan fingerprint density at radius 1 is 1.00 bits per heavy atom. The summed E-state index contributed by atoms with van der Waals surface area (Å²) in [6.45, 7) is 5.28. The second-order valence-corrected chi connectivity index (χ2v) is 7.18. The lowest BCUT2D eigenvalue weighted by Gasteiger charge is -2.10. The van der Waals surface area contributed by atoms with Gasteiger partial charge in [-0.25, -0.2) is 4.68 Å². The first-order valence-electron chi connectivity index (χ1n) is 8.83. The van der Waals surface area contributed by atoms with Crippen LogP contribution in [0.2, 0.25) is 5.02 Å². The third-order valence-electron chi connectivity index (χ3n) is 4.98.